The van der Waals surface area contributed by atoms with Gasteiger partial charge < -0.3 is 14.2 Å². The maximum atomic E-state index is 12.9. The van der Waals surface area contributed by atoms with E-state index < -0.39 is 0 Å². The molecule has 0 aliphatic carbocycles. The number of amides is 1. The Labute approximate surface area is 213 Å². The van der Waals surface area contributed by atoms with Crippen LogP contribution in [0.3, 0.4) is 0 Å². The van der Waals surface area contributed by atoms with Gasteiger partial charge >= 0.3 is 0 Å². The van der Waals surface area contributed by atoms with E-state index in [-0.39, 0.29) is 5.91 Å². The van der Waals surface area contributed by atoms with E-state index in [2.05, 4.69) is 0 Å². The first-order chi connectivity index (χ1) is 16.6. The van der Waals surface area contributed by atoms with Gasteiger partial charge in [-0.05, 0) is 48.0 Å². The molecule has 34 heavy (non-hydrogen) atoms. The maximum absolute atomic E-state index is 12.9. The van der Waals surface area contributed by atoms with Crippen LogP contribution in [0.1, 0.15) is 12.0 Å². The normalized spacial score (nSPS) is 14.5. The molecule has 8 heteroatoms. The van der Waals surface area contributed by atoms with E-state index in [4.69, 9.17) is 38.0 Å². The number of para-hydroxylation sites is 2. The molecule has 3 aromatic rings. The van der Waals surface area contributed by atoms with Crippen LogP contribution >= 0.6 is 35.6 Å². The fourth-order valence-corrected chi connectivity index (χ4v) is 4.79. The van der Waals surface area contributed by atoms with E-state index in [0.29, 0.717) is 51.1 Å². The predicted molar refractivity (Wildman–Crippen MR) is 142 cm³/mol. The Balaban J connectivity index is 1.37. The predicted octanol–water partition coefficient (Wildman–Crippen LogP) is 6.60. The minimum atomic E-state index is -0.140. The molecule has 1 saturated heterocycles. The molecule has 1 fully saturated rings. The van der Waals surface area contributed by atoms with Gasteiger partial charge in [-0.2, -0.15) is 0 Å². The van der Waals surface area contributed by atoms with Crippen LogP contribution in [-0.2, 0) is 4.79 Å². The lowest BCUT2D eigenvalue weighted by Crippen LogP contribution is -2.27. The van der Waals surface area contributed by atoms with Crippen LogP contribution < -0.4 is 19.1 Å². The molecule has 174 valence electrons. The van der Waals surface area contributed by atoms with Gasteiger partial charge in [0.25, 0.3) is 5.91 Å². The van der Waals surface area contributed by atoms with Crippen molar-refractivity contribution in [3.63, 3.8) is 0 Å². The van der Waals surface area contributed by atoms with Gasteiger partial charge in [-0.15, -0.1) is 0 Å². The van der Waals surface area contributed by atoms with Gasteiger partial charge in [-0.1, -0.05) is 72.0 Å². The molecule has 0 unspecified atom stereocenters. The molecule has 0 radical (unpaired) electrons. The van der Waals surface area contributed by atoms with Crippen molar-refractivity contribution in [3.05, 3.63) is 88.3 Å². The maximum Gasteiger partial charge on any atom is 0.270 e. The number of thioether (sulfide) groups is 1. The molecule has 0 bridgehead atoms. The third kappa shape index (κ3) is 5.73. The lowest BCUT2D eigenvalue weighted by atomic mass is 10.2. The zero-order chi connectivity index (χ0) is 23.9. The van der Waals surface area contributed by atoms with Gasteiger partial charge in [0.1, 0.15) is 5.75 Å². The summed E-state index contributed by atoms with van der Waals surface area (Å²) in [5, 5.41) is 0.585. The summed E-state index contributed by atoms with van der Waals surface area (Å²) in [5.74, 6) is 1.72. The van der Waals surface area contributed by atoms with Gasteiger partial charge in [0, 0.05) is 6.42 Å². The van der Waals surface area contributed by atoms with Crippen LogP contribution in [0.4, 0.5) is 5.69 Å². The zero-order valence-electron chi connectivity index (χ0n) is 18.4. The summed E-state index contributed by atoms with van der Waals surface area (Å²) in [5.41, 5.74) is 1.58. The van der Waals surface area contributed by atoms with Crippen LogP contribution in [0.2, 0.25) is 5.02 Å². The summed E-state index contributed by atoms with van der Waals surface area (Å²) in [6, 6.07) is 22.3. The number of benzene rings is 3. The van der Waals surface area contributed by atoms with Crippen LogP contribution in [-0.4, -0.2) is 30.6 Å². The fraction of sp³-hybridized carbons (Fsp3) is 0.154. The lowest BCUT2D eigenvalue weighted by Gasteiger charge is -2.14. The standard InChI is InChI=1S/C26H22ClNO4S2/c1-30-23-16-18(17-24-25(29)28(26(33)34-24)19-8-3-2-4-9-19)12-13-22(23)32-15-7-14-31-21-11-6-5-10-20(21)27/h2-6,8-13,16-17H,7,14-15H2,1H3. The first-order valence-corrected chi connectivity index (χ1v) is 12.2. The van der Waals surface area contributed by atoms with E-state index in [1.165, 1.54) is 11.8 Å². The zero-order valence-corrected chi connectivity index (χ0v) is 20.8. The lowest BCUT2D eigenvalue weighted by molar-refractivity contribution is -0.113. The van der Waals surface area contributed by atoms with Gasteiger partial charge in [-0.25, -0.2) is 0 Å². The number of methoxy groups -OCH3 is 1. The highest BCUT2D eigenvalue weighted by Gasteiger charge is 2.33. The summed E-state index contributed by atoms with van der Waals surface area (Å²) in [6.07, 6.45) is 2.49. The van der Waals surface area contributed by atoms with Crippen molar-refractivity contribution in [1.29, 1.82) is 0 Å². The van der Waals surface area contributed by atoms with Gasteiger partial charge in [-0.3, -0.25) is 9.69 Å². The number of thiocarbonyl (C=S) groups is 1. The molecule has 1 amide bonds. The Kier molecular flexibility index (Phi) is 8.11. The summed E-state index contributed by atoms with van der Waals surface area (Å²) in [7, 11) is 1.58. The number of carbonyl (C=O) groups is 1. The van der Waals surface area contributed by atoms with Crippen LogP contribution in [0.25, 0.3) is 6.08 Å². The van der Waals surface area contributed by atoms with Gasteiger partial charge in [0.05, 0.1) is 35.9 Å². The number of hydrogen-bond donors (Lipinski definition) is 0. The van der Waals surface area contributed by atoms with Crippen molar-refractivity contribution in [1.82, 2.24) is 0 Å². The monoisotopic (exact) mass is 511 g/mol. The Morgan fingerprint density at radius 3 is 2.38 bits per heavy atom. The van der Waals surface area contributed by atoms with Gasteiger partial charge in [0.15, 0.2) is 15.8 Å². The molecule has 3 aromatic carbocycles. The highest BCUT2D eigenvalue weighted by molar-refractivity contribution is 8.27. The first kappa shape index (κ1) is 24.1. The summed E-state index contributed by atoms with van der Waals surface area (Å²) < 4.78 is 17.6. The second kappa shape index (κ2) is 11.4. The summed E-state index contributed by atoms with van der Waals surface area (Å²) in [6.45, 7) is 0.934. The quantitative estimate of drug-likeness (QED) is 0.183. The van der Waals surface area contributed by atoms with Crippen LogP contribution in [0, 0.1) is 0 Å². The van der Waals surface area contributed by atoms with Gasteiger partial charge in [0.2, 0.25) is 0 Å². The summed E-state index contributed by atoms with van der Waals surface area (Å²) >= 11 is 12.8. The molecule has 0 N–H and O–H groups in total. The van der Waals surface area contributed by atoms with E-state index >= 15 is 0 Å². The second-order valence-corrected chi connectivity index (χ2v) is 9.33. The fourth-order valence-electron chi connectivity index (χ4n) is 3.30. The first-order valence-electron chi connectivity index (χ1n) is 10.6. The second-order valence-electron chi connectivity index (χ2n) is 7.24. The van der Waals surface area contributed by atoms with E-state index in [1.807, 2.05) is 72.8 Å². The number of anilines is 1. The molecule has 4 rings (SSSR count). The number of hydrogen-bond acceptors (Lipinski definition) is 6. The highest BCUT2D eigenvalue weighted by Crippen LogP contribution is 2.37. The minimum absolute atomic E-state index is 0.140. The van der Waals surface area contributed by atoms with Crippen LogP contribution in [0.15, 0.2) is 77.7 Å². The Morgan fingerprint density at radius 1 is 0.941 bits per heavy atom. The van der Waals surface area contributed by atoms with Crippen molar-refractivity contribution in [2.75, 3.05) is 25.2 Å². The molecule has 1 aliphatic heterocycles. The summed E-state index contributed by atoms with van der Waals surface area (Å²) in [4.78, 5) is 15.0. The third-order valence-electron chi connectivity index (χ3n) is 4.93. The molecule has 1 aliphatic rings. The molecule has 0 aromatic heterocycles. The molecule has 0 saturated carbocycles. The number of carbonyl (C=O) groups excluding carboxylic acids is 1. The van der Waals surface area contributed by atoms with E-state index in [0.717, 1.165) is 11.3 Å². The Hall–Kier alpha value is -3.00. The number of rotatable bonds is 9. The van der Waals surface area contributed by atoms with Crippen molar-refractivity contribution in [2.24, 2.45) is 0 Å². The topological polar surface area (TPSA) is 48.0 Å². The number of halogens is 1. The molecular formula is C26H22ClNO4S2. The highest BCUT2D eigenvalue weighted by atomic mass is 35.5. The average molecular weight is 512 g/mol. The van der Waals surface area contributed by atoms with Crippen molar-refractivity contribution in [2.45, 2.75) is 6.42 Å². The largest absolute Gasteiger partial charge is 0.493 e. The molecule has 0 spiro atoms. The SMILES string of the molecule is COc1cc(C=C2SC(=S)N(c3ccccc3)C2=O)ccc1OCCCOc1ccccc1Cl. The molecule has 1 heterocycles. The Morgan fingerprint density at radius 2 is 1.65 bits per heavy atom. The van der Waals surface area contributed by atoms with E-state index in [1.54, 1.807) is 18.1 Å². The molecule has 5 nitrogen and oxygen atoms in total. The smallest absolute Gasteiger partial charge is 0.270 e. The third-order valence-corrected chi connectivity index (χ3v) is 6.55. The minimum Gasteiger partial charge on any atom is -0.493 e. The van der Waals surface area contributed by atoms with Crippen molar-refractivity contribution < 1.29 is 19.0 Å². The Bertz CT molecular complexity index is 1220. The van der Waals surface area contributed by atoms with Crippen molar-refractivity contribution in [3.8, 4) is 17.2 Å². The van der Waals surface area contributed by atoms with Crippen molar-refractivity contribution >= 4 is 57.6 Å². The number of nitrogens with zero attached hydrogens (tertiary/aromatic N) is 1. The number of ether oxygens (including phenoxy) is 3. The molecular weight excluding hydrogens is 490 g/mol. The molecule has 0 atom stereocenters. The van der Waals surface area contributed by atoms with E-state index in [9.17, 15) is 4.79 Å². The average Bonchev–Trinajstić information content (AvgIpc) is 3.13. The van der Waals surface area contributed by atoms with Crippen LogP contribution in [0.5, 0.6) is 17.2 Å².